The molecule has 0 heterocycles. The van der Waals surface area contributed by atoms with Gasteiger partial charge in [-0.3, -0.25) is 4.79 Å². The third-order valence-corrected chi connectivity index (χ3v) is 6.68. The van der Waals surface area contributed by atoms with Crippen molar-refractivity contribution in [1.82, 2.24) is 4.31 Å². The number of aryl methyl sites for hydroxylation is 1. The Labute approximate surface area is 162 Å². The maximum atomic E-state index is 12.7. The van der Waals surface area contributed by atoms with Crippen molar-refractivity contribution in [2.24, 2.45) is 0 Å². The average Bonchev–Trinajstić information content (AvgIpc) is 2.63. The van der Waals surface area contributed by atoms with Crippen molar-refractivity contribution >= 4 is 21.6 Å². The summed E-state index contributed by atoms with van der Waals surface area (Å²) in [6.45, 7) is 10.4. The van der Waals surface area contributed by atoms with Gasteiger partial charge in [0.05, 0.1) is 4.90 Å². The van der Waals surface area contributed by atoms with Crippen LogP contribution in [0, 0.1) is 6.92 Å². The number of amides is 1. The zero-order valence-electron chi connectivity index (χ0n) is 16.6. The summed E-state index contributed by atoms with van der Waals surface area (Å²) in [5, 5.41) is 2.85. The number of hydrogen-bond acceptors (Lipinski definition) is 3. The molecule has 5 nitrogen and oxygen atoms in total. The summed E-state index contributed by atoms with van der Waals surface area (Å²) >= 11 is 0. The molecule has 0 spiro atoms. The molecule has 1 amide bonds. The van der Waals surface area contributed by atoms with Crippen molar-refractivity contribution in [2.75, 3.05) is 18.4 Å². The largest absolute Gasteiger partial charge is 0.322 e. The Morgan fingerprint density at radius 1 is 1.04 bits per heavy atom. The summed E-state index contributed by atoms with van der Waals surface area (Å²) in [6, 6.07) is 12.4. The van der Waals surface area contributed by atoms with Gasteiger partial charge in [-0.05, 0) is 48.2 Å². The van der Waals surface area contributed by atoms with Crippen molar-refractivity contribution in [3.8, 4) is 0 Å². The van der Waals surface area contributed by atoms with Gasteiger partial charge >= 0.3 is 0 Å². The Kier molecular flexibility index (Phi) is 6.78. The lowest BCUT2D eigenvalue weighted by molar-refractivity contribution is 0.102. The van der Waals surface area contributed by atoms with E-state index in [0.717, 1.165) is 5.56 Å². The molecule has 1 N–H and O–H groups in total. The van der Waals surface area contributed by atoms with Gasteiger partial charge < -0.3 is 5.32 Å². The highest BCUT2D eigenvalue weighted by molar-refractivity contribution is 7.89. The summed E-state index contributed by atoms with van der Waals surface area (Å²) in [4.78, 5) is 12.9. The monoisotopic (exact) mass is 388 g/mol. The number of hydrogen-bond donors (Lipinski definition) is 1. The van der Waals surface area contributed by atoms with E-state index < -0.39 is 10.0 Å². The van der Waals surface area contributed by atoms with E-state index in [1.165, 1.54) is 15.9 Å². The van der Waals surface area contributed by atoms with E-state index >= 15 is 0 Å². The number of carbonyl (C=O) groups is 1. The third kappa shape index (κ3) is 4.76. The fourth-order valence-electron chi connectivity index (χ4n) is 2.87. The SMILES string of the molecule is CCN(CC)S(=O)(=O)c1ccc(C)c(C(=O)Nc2ccc(C(C)C)cc2)c1. The van der Waals surface area contributed by atoms with E-state index in [2.05, 4.69) is 19.2 Å². The maximum absolute atomic E-state index is 12.7. The first-order valence-corrected chi connectivity index (χ1v) is 10.7. The van der Waals surface area contributed by atoms with E-state index in [1.54, 1.807) is 32.9 Å². The predicted molar refractivity (Wildman–Crippen MR) is 110 cm³/mol. The van der Waals surface area contributed by atoms with Crippen molar-refractivity contribution in [3.05, 3.63) is 59.2 Å². The molecule has 0 aliphatic heterocycles. The third-order valence-electron chi connectivity index (χ3n) is 4.63. The Morgan fingerprint density at radius 3 is 2.15 bits per heavy atom. The van der Waals surface area contributed by atoms with Crippen molar-refractivity contribution < 1.29 is 13.2 Å². The van der Waals surface area contributed by atoms with Crippen LogP contribution in [0.3, 0.4) is 0 Å². The van der Waals surface area contributed by atoms with E-state index in [-0.39, 0.29) is 10.8 Å². The van der Waals surface area contributed by atoms with Gasteiger partial charge in [-0.1, -0.05) is 45.9 Å². The Balaban J connectivity index is 2.31. The topological polar surface area (TPSA) is 66.5 Å². The van der Waals surface area contributed by atoms with Crippen LogP contribution in [0.1, 0.15) is 55.1 Å². The van der Waals surface area contributed by atoms with Crippen LogP contribution in [0.5, 0.6) is 0 Å². The maximum Gasteiger partial charge on any atom is 0.255 e. The number of nitrogens with one attached hydrogen (secondary N) is 1. The highest BCUT2D eigenvalue weighted by Crippen LogP contribution is 2.22. The zero-order chi connectivity index (χ0) is 20.2. The molecule has 2 rings (SSSR count). The van der Waals surface area contributed by atoms with Gasteiger partial charge in [0.25, 0.3) is 5.91 Å². The average molecular weight is 389 g/mol. The summed E-state index contributed by atoms with van der Waals surface area (Å²) < 4.78 is 26.8. The lowest BCUT2D eigenvalue weighted by Crippen LogP contribution is -2.30. The van der Waals surface area contributed by atoms with Crippen LogP contribution < -0.4 is 5.32 Å². The molecule has 0 unspecified atom stereocenters. The van der Waals surface area contributed by atoms with Crippen LogP contribution in [0.4, 0.5) is 5.69 Å². The molecule has 0 fully saturated rings. The molecule has 146 valence electrons. The molecule has 0 aromatic heterocycles. The smallest absolute Gasteiger partial charge is 0.255 e. The van der Waals surface area contributed by atoms with Gasteiger partial charge in [-0.25, -0.2) is 8.42 Å². The number of benzene rings is 2. The molecule has 0 saturated carbocycles. The predicted octanol–water partition coefficient (Wildman–Crippen LogP) is 4.40. The molecule has 0 atom stereocenters. The molecule has 6 heteroatoms. The first-order valence-electron chi connectivity index (χ1n) is 9.22. The summed E-state index contributed by atoms with van der Waals surface area (Å²) in [5.41, 5.74) is 2.96. The highest BCUT2D eigenvalue weighted by Gasteiger charge is 2.23. The first-order chi connectivity index (χ1) is 12.7. The molecule has 2 aromatic carbocycles. The zero-order valence-corrected chi connectivity index (χ0v) is 17.4. The number of sulfonamides is 1. The minimum atomic E-state index is -3.61. The number of rotatable bonds is 7. The van der Waals surface area contributed by atoms with E-state index in [9.17, 15) is 13.2 Å². The van der Waals surface area contributed by atoms with Gasteiger partial charge in [-0.2, -0.15) is 4.31 Å². The van der Waals surface area contributed by atoms with Crippen LogP contribution in [0.25, 0.3) is 0 Å². The van der Waals surface area contributed by atoms with Gasteiger partial charge in [-0.15, -0.1) is 0 Å². The van der Waals surface area contributed by atoms with Crippen molar-refractivity contribution in [1.29, 1.82) is 0 Å². The normalized spacial score (nSPS) is 11.8. The second kappa shape index (κ2) is 8.67. The van der Waals surface area contributed by atoms with Crippen LogP contribution in [-0.4, -0.2) is 31.7 Å². The van der Waals surface area contributed by atoms with Crippen LogP contribution in [0.2, 0.25) is 0 Å². The highest BCUT2D eigenvalue weighted by atomic mass is 32.2. The fourth-order valence-corrected chi connectivity index (χ4v) is 4.35. The number of nitrogens with zero attached hydrogens (tertiary/aromatic N) is 1. The molecule has 27 heavy (non-hydrogen) atoms. The molecule has 0 aliphatic carbocycles. The minimum Gasteiger partial charge on any atom is -0.322 e. The number of anilines is 1. The molecule has 0 bridgehead atoms. The van der Waals surface area contributed by atoms with E-state index in [0.29, 0.717) is 30.3 Å². The molecule has 0 aliphatic rings. The number of carbonyl (C=O) groups excluding carboxylic acids is 1. The van der Waals surface area contributed by atoms with Crippen LogP contribution in [-0.2, 0) is 10.0 Å². The quantitative estimate of drug-likeness (QED) is 0.764. The molecule has 0 radical (unpaired) electrons. The van der Waals surface area contributed by atoms with Crippen molar-refractivity contribution in [2.45, 2.75) is 45.4 Å². The van der Waals surface area contributed by atoms with Crippen LogP contribution in [0.15, 0.2) is 47.4 Å². The van der Waals surface area contributed by atoms with Crippen LogP contribution >= 0.6 is 0 Å². The van der Waals surface area contributed by atoms with Gasteiger partial charge in [0.2, 0.25) is 10.0 Å². The van der Waals surface area contributed by atoms with Gasteiger partial charge in [0, 0.05) is 24.3 Å². The lowest BCUT2D eigenvalue weighted by Gasteiger charge is -2.19. The minimum absolute atomic E-state index is 0.136. The molecular formula is C21H28N2O3S. The second-order valence-corrected chi connectivity index (χ2v) is 8.73. The van der Waals surface area contributed by atoms with Gasteiger partial charge in [0.1, 0.15) is 0 Å². The Hall–Kier alpha value is -2.18. The Bertz CT molecular complexity index is 900. The lowest BCUT2D eigenvalue weighted by atomic mass is 10.0. The van der Waals surface area contributed by atoms with Crippen molar-refractivity contribution in [3.63, 3.8) is 0 Å². The second-order valence-electron chi connectivity index (χ2n) is 6.80. The van der Waals surface area contributed by atoms with Gasteiger partial charge in [0.15, 0.2) is 0 Å². The first kappa shape index (κ1) is 21.1. The Morgan fingerprint density at radius 2 is 1.63 bits per heavy atom. The summed E-state index contributed by atoms with van der Waals surface area (Å²) in [5.74, 6) is 0.0976. The summed E-state index contributed by atoms with van der Waals surface area (Å²) in [7, 11) is -3.61. The van der Waals surface area contributed by atoms with E-state index in [1.807, 2.05) is 24.3 Å². The molecule has 2 aromatic rings. The van der Waals surface area contributed by atoms with E-state index in [4.69, 9.17) is 0 Å². The molecule has 0 saturated heterocycles. The molecular weight excluding hydrogens is 360 g/mol. The standard InChI is InChI=1S/C21H28N2O3S/c1-6-23(7-2)27(25,26)19-13-8-16(5)20(14-19)21(24)22-18-11-9-17(10-12-18)15(3)4/h8-15H,6-7H2,1-5H3,(H,22,24). The fraction of sp³-hybridized carbons (Fsp3) is 0.381. The summed E-state index contributed by atoms with van der Waals surface area (Å²) in [6.07, 6.45) is 0.